The highest BCUT2D eigenvalue weighted by Crippen LogP contribution is 1.99. The number of hydrogen-bond donors (Lipinski definition) is 2. The standard InChI is InChI=1S/C5H5N2O/c8-4-7-5-1-2-6-3-5/h1-3,6H,(H,7,8). The van der Waals surface area contributed by atoms with Crippen molar-refractivity contribution >= 4 is 12.1 Å². The fourth-order valence-corrected chi connectivity index (χ4v) is 0.461. The Morgan fingerprint density at radius 1 is 1.75 bits per heavy atom. The first-order valence-corrected chi connectivity index (χ1v) is 2.19. The van der Waals surface area contributed by atoms with Crippen molar-refractivity contribution in [2.24, 2.45) is 0 Å². The van der Waals surface area contributed by atoms with E-state index in [1.807, 2.05) is 0 Å². The molecule has 1 aromatic heterocycles. The highest BCUT2D eigenvalue weighted by Gasteiger charge is 1.84. The molecule has 1 heterocycles. The highest BCUT2D eigenvalue weighted by molar-refractivity contribution is 5.70. The van der Waals surface area contributed by atoms with Crippen molar-refractivity contribution in [2.45, 2.75) is 0 Å². The molecule has 2 N–H and O–H groups in total. The predicted molar refractivity (Wildman–Crippen MR) is 30.1 cm³/mol. The van der Waals surface area contributed by atoms with Gasteiger partial charge in [-0.15, -0.1) is 0 Å². The molecule has 8 heavy (non-hydrogen) atoms. The van der Waals surface area contributed by atoms with Crippen LogP contribution in [0.5, 0.6) is 0 Å². The van der Waals surface area contributed by atoms with Gasteiger partial charge >= 0.3 is 6.41 Å². The van der Waals surface area contributed by atoms with E-state index in [4.69, 9.17) is 0 Å². The van der Waals surface area contributed by atoms with Crippen molar-refractivity contribution in [3.63, 3.8) is 0 Å². The second kappa shape index (κ2) is 2.16. The summed E-state index contributed by atoms with van der Waals surface area (Å²) in [6, 6.07) is 1.74. The summed E-state index contributed by atoms with van der Waals surface area (Å²) in [5, 5.41) is 2.35. The molecule has 0 fully saturated rings. The lowest BCUT2D eigenvalue weighted by molar-refractivity contribution is 0.561. The van der Waals surface area contributed by atoms with E-state index in [0.717, 1.165) is 5.69 Å². The number of hydrogen-bond acceptors (Lipinski definition) is 1. The molecule has 0 aromatic carbocycles. The second-order valence-electron chi connectivity index (χ2n) is 1.33. The van der Waals surface area contributed by atoms with E-state index in [2.05, 4.69) is 10.3 Å². The smallest absolute Gasteiger partial charge is 0.314 e. The minimum atomic E-state index is 0.736. The number of anilines is 1. The molecule has 1 amide bonds. The summed E-state index contributed by atoms with van der Waals surface area (Å²) in [6.45, 7) is 0. The fraction of sp³-hybridized carbons (Fsp3) is 0. The van der Waals surface area contributed by atoms with E-state index in [0.29, 0.717) is 0 Å². The fourth-order valence-electron chi connectivity index (χ4n) is 0.461. The number of aromatic nitrogens is 1. The first-order chi connectivity index (χ1) is 3.93. The highest BCUT2D eigenvalue weighted by atomic mass is 16.1. The Hall–Kier alpha value is -1.25. The number of nitrogens with one attached hydrogen (secondary N) is 2. The summed E-state index contributed by atoms with van der Waals surface area (Å²) in [5.74, 6) is 0. The zero-order valence-electron chi connectivity index (χ0n) is 4.14. The minimum absolute atomic E-state index is 0.736. The van der Waals surface area contributed by atoms with Crippen molar-refractivity contribution in [2.75, 3.05) is 5.32 Å². The van der Waals surface area contributed by atoms with Crippen LogP contribution in [0.25, 0.3) is 0 Å². The first-order valence-electron chi connectivity index (χ1n) is 2.19. The van der Waals surface area contributed by atoms with Crippen molar-refractivity contribution in [1.82, 2.24) is 4.98 Å². The van der Waals surface area contributed by atoms with Gasteiger partial charge in [0, 0.05) is 12.4 Å². The number of amides is 1. The van der Waals surface area contributed by atoms with E-state index < -0.39 is 0 Å². The normalized spacial score (nSPS) is 8.50. The van der Waals surface area contributed by atoms with E-state index in [1.54, 1.807) is 24.9 Å². The van der Waals surface area contributed by atoms with Gasteiger partial charge in [-0.25, -0.2) is 0 Å². The van der Waals surface area contributed by atoms with Crippen molar-refractivity contribution in [1.29, 1.82) is 0 Å². The maximum Gasteiger partial charge on any atom is 0.314 e. The zero-order chi connectivity index (χ0) is 5.82. The molecule has 0 aliphatic rings. The lowest BCUT2D eigenvalue weighted by Gasteiger charge is -1.83. The Kier molecular flexibility index (Phi) is 1.32. The van der Waals surface area contributed by atoms with E-state index in [9.17, 15) is 4.79 Å². The summed E-state index contributed by atoms with van der Waals surface area (Å²) in [6.07, 6.45) is 4.94. The third kappa shape index (κ3) is 0.872. The molecule has 1 rings (SSSR count). The molecule has 41 valence electrons. The molecule has 0 spiro atoms. The van der Waals surface area contributed by atoms with Gasteiger partial charge in [0.2, 0.25) is 0 Å². The Morgan fingerprint density at radius 3 is 3.12 bits per heavy atom. The van der Waals surface area contributed by atoms with Gasteiger partial charge in [0.05, 0.1) is 5.69 Å². The molecule has 0 bridgehead atoms. The molecule has 0 saturated heterocycles. The van der Waals surface area contributed by atoms with Gasteiger partial charge in [-0.2, -0.15) is 0 Å². The average molecular weight is 109 g/mol. The lowest BCUT2D eigenvalue weighted by Crippen LogP contribution is -1.89. The first kappa shape index (κ1) is 4.90. The van der Waals surface area contributed by atoms with Crippen LogP contribution in [-0.4, -0.2) is 11.4 Å². The quantitative estimate of drug-likeness (QED) is 0.533. The van der Waals surface area contributed by atoms with Gasteiger partial charge < -0.3 is 10.3 Å². The summed E-state index contributed by atoms with van der Waals surface area (Å²) in [4.78, 5) is 12.4. The van der Waals surface area contributed by atoms with Crippen LogP contribution in [0.15, 0.2) is 18.5 Å². The van der Waals surface area contributed by atoms with Crippen LogP contribution in [0.3, 0.4) is 0 Å². The maximum absolute atomic E-state index is 9.62. The topological polar surface area (TPSA) is 44.9 Å². The van der Waals surface area contributed by atoms with Crippen LogP contribution in [0.4, 0.5) is 5.69 Å². The zero-order valence-corrected chi connectivity index (χ0v) is 4.14. The third-order valence-electron chi connectivity index (χ3n) is 0.793. The number of rotatable bonds is 2. The van der Waals surface area contributed by atoms with Crippen molar-refractivity contribution < 1.29 is 4.79 Å². The Balaban J connectivity index is 2.62. The molecular weight excluding hydrogens is 104 g/mol. The number of H-pyrrole nitrogens is 1. The monoisotopic (exact) mass is 109 g/mol. The van der Waals surface area contributed by atoms with E-state index in [-0.39, 0.29) is 0 Å². The van der Waals surface area contributed by atoms with Crippen molar-refractivity contribution in [3.05, 3.63) is 18.5 Å². The SMILES string of the molecule is O=[C]Nc1cc[nH]c1. The third-order valence-corrected chi connectivity index (χ3v) is 0.793. The molecule has 1 radical (unpaired) electrons. The average Bonchev–Trinajstić information content (AvgIpc) is 2.19. The van der Waals surface area contributed by atoms with E-state index >= 15 is 0 Å². The molecule has 0 aliphatic heterocycles. The summed E-state index contributed by atoms with van der Waals surface area (Å²) >= 11 is 0. The van der Waals surface area contributed by atoms with Crippen LogP contribution >= 0.6 is 0 Å². The van der Waals surface area contributed by atoms with Gasteiger partial charge in [0.25, 0.3) is 0 Å². The molecule has 0 saturated carbocycles. The summed E-state index contributed by atoms with van der Waals surface area (Å²) in [7, 11) is 0. The minimum Gasteiger partial charge on any atom is -0.366 e. The summed E-state index contributed by atoms with van der Waals surface area (Å²) in [5.41, 5.74) is 0.736. The van der Waals surface area contributed by atoms with Gasteiger partial charge in [-0.1, -0.05) is 0 Å². The molecule has 0 atom stereocenters. The van der Waals surface area contributed by atoms with Crippen LogP contribution in [0.1, 0.15) is 0 Å². The molecule has 1 aromatic rings. The Morgan fingerprint density at radius 2 is 2.62 bits per heavy atom. The molecule has 3 heteroatoms. The molecule has 0 unspecified atom stereocenters. The lowest BCUT2D eigenvalue weighted by atomic mass is 10.5. The van der Waals surface area contributed by atoms with Crippen LogP contribution < -0.4 is 5.32 Å². The van der Waals surface area contributed by atoms with Gasteiger partial charge in [0.1, 0.15) is 0 Å². The Labute approximate surface area is 46.7 Å². The molecule has 0 aliphatic carbocycles. The van der Waals surface area contributed by atoms with Crippen LogP contribution in [0.2, 0.25) is 0 Å². The number of carbonyl (C=O) groups excluding carboxylic acids is 1. The van der Waals surface area contributed by atoms with Crippen LogP contribution in [0, 0.1) is 0 Å². The Bertz CT molecular complexity index is 157. The summed E-state index contributed by atoms with van der Waals surface area (Å²) < 4.78 is 0. The van der Waals surface area contributed by atoms with E-state index in [1.165, 1.54) is 0 Å². The van der Waals surface area contributed by atoms with Gasteiger partial charge in [0.15, 0.2) is 0 Å². The number of aromatic amines is 1. The predicted octanol–water partition coefficient (Wildman–Crippen LogP) is 0.494. The van der Waals surface area contributed by atoms with Gasteiger partial charge in [-0.05, 0) is 6.07 Å². The molecule has 3 nitrogen and oxygen atoms in total. The second-order valence-corrected chi connectivity index (χ2v) is 1.33. The molecular formula is C5H5N2O. The van der Waals surface area contributed by atoms with Crippen LogP contribution in [-0.2, 0) is 4.79 Å². The van der Waals surface area contributed by atoms with Crippen molar-refractivity contribution in [3.8, 4) is 0 Å². The largest absolute Gasteiger partial charge is 0.366 e. The van der Waals surface area contributed by atoms with Gasteiger partial charge in [-0.3, -0.25) is 4.79 Å². The maximum atomic E-state index is 9.62.